The lowest BCUT2D eigenvalue weighted by atomic mass is 9.98. The molecule has 1 aromatic heterocycles. The zero-order valence-electron chi connectivity index (χ0n) is 28.0. The minimum atomic E-state index is -0.102. The van der Waals surface area contributed by atoms with Crippen molar-refractivity contribution in [1.82, 2.24) is 15.0 Å². The standard InChI is InChI=1S/C45H31N5O2/c1-2-14-30(15-3-1)43-46-44(31-16-12-18-33(28-31)49-35-20-4-8-24-39(35)51-40-25-9-5-21-36(40)49)48-45(47-43)32-17-13-19-34(29-32)50-37-22-6-10-26-41(37)52-42-27-11-7-23-38(42)50/h1-29,35,39H. The van der Waals surface area contributed by atoms with Crippen molar-refractivity contribution in [2.24, 2.45) is 0 Å². The summed E-state index contributed by atoms with van der Waals surface area (Å²) in [6.45, 7) is 0. The molecule has 0 saturated heterocycles. The average molecular weight is 674 g/mol. The van der Waals surface area contributed by atoms with Crippen molar-refractivity contribution < 1.29 is 9.47 Å². The lowest BCUT2D eigenvalue weighted by Gasteiger charge is -2.42. The molecule has 0 bridgehead atoms. The maximum atomic E-state index is 6.40. The fourth-order valence-corrected chi connectivity index (χ4v) is 7.20. The third kappa shape index (κ3) is 5.18. The summed E-state index contributed by atoms with van der Waals surface area (Å²) in [6.07, 6.45) is 8.34. The molecule has 3 heterocycles. The number of allylic oxidation sites excluding steroid dienone is 2. The maximum Gasteiger partial charge on any atom is 0.164 e. The van der Waals surface area contributed by atoms with E-state index in [2.05, 4.69) is 94.8 Å². The highest BCUT2D eigenvalue weighted by Gasteiger charge is 2.35. The third-order valence-corrected chi connectivity index (χ3v) is 9.59. The third-order valence-electron chi connectivity index (χ3n) is 9.59. The Balaban J connectivity index is 1.10. The van der Waals surface area contributed by atoms with Gasteiger partial charge in [0.15, 0.2) is 29.0 Å². The summed E-state index contributed by atoms with van der Waals surface area (Å²) in [5.41, 5.74) is 7.63. The number of benzene rings is 6. The number of rotatable bonds is 5. The van der Waals surface area contributed by atoms with E-state index in [9.17, 15) is 0 Å². The van der Waals surface area contributed by atoms with E-state index in [-0.39, 0.29) is 12.1 Å². The molecule has 0 spiro atoms. The molecule has 1 aliphatic carbocycles. The van der Waals surface area contributed by atoms with Crippen molar-refractivity contribution in [2.45, 2.75) is 12.1 Å². The first-order valence-corrected chi connectivity index (χ1v) is 17.4. The van der Waals surface area contributed by atoms with Gasteiger partial charge in [0.25, 0.3) is 0 Å². The van der Waals surface area contributed by atoms with Gasteiger partial charge in [-0.25, -0.2) is 15.0 Å². The predicted molar refractivity (Wildman–Crippen MR) is 206 cm³/mol. The minimum Gasteiger partial charge on any atom is -0.482 e. The van der Waals surface area contributed by atoms with Crippen molar-refractivity contribution in [2.75, 3.05) is 9.80 Å². The highest BCUT2D eigenvalue weighted by atomic mass is 16.5. The molecule has 7 nitrogen and oxygen atoms in total. The molecule has 248 valence electrons. The fourth-order valence-electron chi connectivity index (χ4n) is 7.20. The monoisotopic (exact) mass is 673 g/mol. The lowest BCUT2D eigenvalue weighted by molar-refractivity contribution is 0.218. The molecule has 52 heavy (non-hydrogen) atoms. The van der Waals surface area contributed by atoms with Gasteiger partial charge in [-0.2, -0.15) is 0 Å². The number of anilines is 5. The topological polar surface area (TPSA) is 63.6 Å². The Bertz CT molecular complexity index is 2490. The van der Waals surface area contributed by atoms with Gasteiger partial charge in [0.05, 0.1) is 23.1 Å². The van der Waals surface area contributed by atoms with Crippen LogP contribution >= 0.6 is 0 Å². The van der Waals surface area contributed by atoms with Crippen molar-refractivity contribution >= 4 is 28.4 Å². The molecule has 0 amide bonds. The Hall–Kier alpha value is -6.99. The van der Waals surface area contributed by atoms with Gasteiger partial charge in [0.1, 0.15) is 11.9 Å². The second kappa shape index (κ2) is 12.4. The number of aromatic nitrogens is 3. The van der Waals surface area contributed by atoms with Crippen LogP contribution in [0.25, 0.3) is 34.2 Å². The lowest BCUT2D eigenvalue weighted by Crippen LogP contribution is -2.46. The van der Waals surface area contributed by atoms with Gasteiger partial charge in [0.2, 0.25) is 0 Å². The fraction of sp³-hybridized carbons (Fsp3) is 0.0444. The maximum absolute atomic E-state index is 6.40. The Morgan fingerprint density at radius 3 is 1.65 bits per heavy atom. The zero-order chi connectivity index (χ0) is 34.4. The molecular weight excluding hydrogens is 643 g/mol. The van der Waals surface area contributed by atoms with E-state index in [0.29, 0.717) is 17.5 Å². The van der Waals surface area contributed by atoms with Gasteiger partial charge in [-0.15, -0.1) is 0 Å². The molecule has 10 rings (SSSR count). The highest BCUT2D eigenvalue weighted by molar-refractivity contribution is 5.87. The summed E-state index contributed by atoms with van der Waals surface area (Å²) in [7, 11) is 0. The van der Waals surface area contributed by atoms with Gasteiger partial charge in [-0.05, 0) is 66.7 Å². The Kier molecular flexibility index (Phi) is 7.13. The summed E-state index contributed by atoms with van der Waals surface area (Å²) in [6, 6.07) is 51.3. The Morgan fingerprint density at radius 2 is 0.962 bits per heavy atom. The largest absolute Gasteiger partial charge is 0.482 e. The predicted octanol–water partition coefficient (Wildman–Crippen LogP) is 10.8. The molecule has 0 fully saturated rings. The van der Waals surface area contributed by atoms with Crippen molar-refractivity contribution in [3.05, 3.63) is 176 Å². The molecule has 2 atom stereocenters. The molecule has 6 aromatic carbocycles. The van der Waals surface area contributed by atoms with Crippen LogP contribution < -0.4 is 19.3 Å². The summed E-state index contributed by atoms with van der Waals surface area (Å²) < 4.78 is 12.7. The van der Waals surface area contributed by atoms with E-state index in [1.54, 1.807) is 0 Å². The summed E-state index contributed by atoms with van der Waals surface area (Å²) in [4.78, 5) is 19.8. The van der Waals surface area contributed by atoms with Gasteiger partial charge < -0.3 is 19.3 Å². The van der Waals surface area contributed by atoms with Gasteiger partial charge >= 0.3 is 0 Å². The van der Waals surface area contributed by atoms with Crippen LogP contribution in [-0.2, 0) is 0 Å². The van der Waals surface area contributed by atoms with Crippen LogP contribution in [-0.4, -0.2) is 27.1 Å². The van der Waals surface area contributed by atoms with Crippen LogP contribution in [0, 0.1) is 0 Å². The van der Waals surface area contributed by atoms with Crippen LogP contribution in [0.5, 0.6) is 17.2 Å². The molecule has 3 aliphatic rings. The zero-order valence-corrected chi connectivity index (χ0v) is 28.0. The quantitative estimate of drug-likeness (QED) is 0.180. The van der Waals surface area contributed by atoms with E-state index in [1.807, 2.05) is 91.0 Å². The Labute approximate surface area is 301 Å². The summed E-state index contributed by atoms with van der Waals surface area (Å²) >= 11 is 0. The van der Waals surface area contributed by atoms with Crippen LogP contribution in [0.2, 0.25) is 0 Å². The van der Waals surface area contributed by atoms with Gasteiger partial charge in [0, 0.05) is 28.1 Å². The number of hydrogen-bond donors (Lipinski definition) is 0. The Morgan fingerprint density at radius 1 is 0.442 bits per heavy atom. The first-order valence-electron chi connectivity index (χ1n) is 17.4. The van der Waals surface area contributed by atoms with E-state index < -0.39 is 0 Å². The first kappa shape index (κ1) is 29.9. The second-order valence-electron chi connectivity index (χ2n) is 12.8. The molecule has 0 saturated carbocycles. The normalized spacial score (nSPS) is 16.5. The molecule has 0 N–H and O–H groups in total. The average Bonchev–Trinajstić information content (AvgIpc) is 3.22. The molecule has 7 heteroatoms. The molecule has 0 radical (unpaired) electrons. The number of ether oxygens (including phenoxy) is 2. The first-order chi connectivity index (χ1) is 25.8. The summed E-state index contributed by atoms with van der Waals surface area (Å²) in [5.74, 6) is 4.24. The van der Waals surface area contributed by atoms with Gasteiger partial charge in [-0.3, -0.25) is 0 Å². The van der Waals surface area contributed by atoms with E-state index in [4.69, 9.17) is 24.4 Å². The summed E-state index contributed by atoms with van der Waals surface area (Å²) in [5, 5.41) is 0. The van der Waals surface area contributed by atoms with Crippen molar-refractivity contribution in [3.63, 3.8) is 0 Å². The van der Waals surface area contributed by atoms with Gasteiger partial charge in [-0.1, -0.05) is 109 Å². The van der Waals surface area contributed by atoms with E-state index in [1.165, 1.54) is 0 Å². The molecule has 7 aromatic rings. The number of hydrogen-bond acceptors (Lipinski definition) is 7. The number of nitrogens with zero attached hydrogens (tertiary/aromatic N) is 5. The van der Waals surface area contributed by atoms with E-state index >= 15 is 0 Å². The van der Waals surface area contributed by atoms with Crippen LogP contribution in [0.4, 0.5) is 28.4 Å². The van der Waals surface area contributed by atoms with Crippen LogP contribution in [0.3, 0.4) is 0 Å². The van der Waals surface area contributed by atoms with E-state index in [0.717, 1.165) is 62.4 Å². The number of para-hydroxylation sites is 6. The molecule has 2 unspecified atom stereocenters. The number of fused-ring (bicyclic) bond motifs is 4. The second-order valence-corrected chi connectivity index (χ2v) is 12.8. The van der Waals surface area contributed by atoms with Crippen LogP contribution in [0.1, 0.15) is 0 Å². The molecular formula is C45H31N5O2. The highest BCUT2D eigenvalue weighted by Crippen LogP contribution is 2.50. The molecule has 2 aliphatic heterocycles. The van der Waals surface area contributed by atoms with Crippen LogP contribution in [0.15, 0.2) is 176 Å². The van der Waals surface area contributed by atoms with Crippen molar-refractivity contribution in [3.8, 4) is 51.4 Å². The van der Waals surface area contributed by atoms with Crippen molar-refractivity contribution in [1.29, 1.82) is 0 Å². The SMILES string of the molecule is C1=CC2Oc3ccccc3N(c3cccc(-c4nc(-c5ccccc5)nc(-c5cccc(N6c7ccccc7Oc7ccccc76)c5)n4)c3)C2C=C1. The minimum absolute atomic E-state index is 0.00198. The smallest absolute Gasteiger partial charge is 0.164 e.